The summed E-state index contributed by atoms with van der Waals surface area (Å²) in [6.07, 6.45) is -0.915. The minimum atomic E-state index is -0.915. The van der Waals surface area contributed by atoms with Crippen LogP contribution in [0.25, 0.3) is 0 Å². The number of nitrogens with one attached hydrogen (secondary N) is 1. The number of hydrazone groups is 1. The summed E-state index contributed by atoms with van der Waals surface area (Å²) in [5.74, 6) is 9.19. The van der Waals surface area contributed by atoms with Crippen LogP contribution in [0.2, 0.25) is 0 Å². The van der Waals surface area contributed by atoms with Gasteiger partial charge in [0.15, 0.2) is 0 Å². The van der Waals surface area contributed by atoms with Gasteiger partial charge in [-0.15, -0.1) is 5.10 Å². The topological polar surface area (TPSA) is 129 Å². The molecule has 7 nitrogen and oxygen atoms in total. The molecule has 0 atom stereocenters. The molecule has 0 bridgehead atoms. The summed E-state index contributed by atoms with van der Waals surface area (Å²) in [5.41, 5.74) is 6.49. The summed E-state index contributed by atoms with van der Waals surface area (Å²) >= 11 is 0. The predicted octanol–water partition coefficient (Wildman–Crippen LogP) is -2.23. The van der Waals surface area contributed by atoms with Gasteiger partial charge in [-0.2, -0.15) is 0 Å². The van der Waals surface area contributed by atoms with Crippen LogP contribution in [-0.2, 0) is 4.74 Å². The summed E-state index contributed by atoms with van der Waals surface area (Å²) in [4.78, 5) is 10.1. The van der Waals surface area contributed by atoms with E-state index in [0.717, 1.165) is 0 Å². The Kier molecular flexibility index (Phi) is 2.91. The zero-order valence-electron chi connectivity index (χ0n) is 4.50. The largest absolute Gasteiger partial charge is 0.429 e. The van der Waals surface area contributed by atoms with Crippen molar-refractivity contribution < 1.29 is 9.53 Å². The van der Waals surface area contributed by atoms with Crippen molar-refractivity contribution >= 4 is 12.1 Å². The van der Waals surface area contributed by atoms with Gasteiger partial charge in [-0.25, -0.2) is 10.6 Å². The van der Waals surface area contributed by atoms with Crippen LogP contribution in [0.4, 0.5) is 4.79 Å². The van der Waals surface area contributed by atoms with E-state index < -0.39 is 12.1 Å². The van der Waals surface area contributed by atoms with Gasteiger partial charge in [-0.05, 0) is 0 Å². The van der Waals surface area contributed by atoms with E-state index in [1.54, 1.807) is 5.43 Å². The van der Waals surface area contributed by atoms with Gasteiger partial charge in [-0.3, -0.25) is 5.43 Å². The van der Waals surface area contributed by atoms with Crippen molar-refractivity contribution in [3.05, 3.63) is 0 Å². The molecule has 7 heteroatoms. The fourth-order valence-corrected chi connectivity index (χ4v) is 0.151. The number of rotatable bonds is 0. The van der Waals surface area contributed by atoms with E-state index in [2.05, 4.69) is 21.5 Å². The van der Waals surface area contributed by atoms with E-state index in [9.17, 15) is 4.79 Å². The molecule has 0 radical (unpaired) electrons. The molecule has 52 valence electrons. The fraction of sp³-hybridized carbons (Fsp3) is 0. The molecule has 0 aromatic carbocycles. The fourth-order valence-electron chi connectivity index (χ4n) is 0.151. The third-order valence-corrected chi connectivity index (χ3v) is 0.442. The molecule has 0 aromatic heterocycles. The Morgan fingerprint density at radius 2 is 2.22 bits per heavy atom. The van der Waals surface area contributed by atoms with Crippen molar-refractivity contribution in [2.24, 2.45) is 22.5 Å². The normalized spacial score (nSPS) is 10.6. The van der Waals surface area contributed by atoms with Crippen molar-refractivity contribution in [2.75, 3.05) is 0 Å². The number of nitrogens with two attached hydrogens (primary N) is 3. The van der Waals surface area contributed by atoms with Crippen LogP contribution >= 0.6 is 0 Å². The second-order valence-corrected chi connectivity index (χ2v) is 1.00. The number of amides is 1. The lowest BCUT2D eigenvalue weighted by molar-refractivity contribution is 0.196. The Bertz CT molecular complexity index is 131. The standard InChI is InChI=1S/C2H7N5O2/c3-1(6-4)9-2(8)7-5/h4-5H2,(H2,3,6)(H,7,8). The van der Waals surface area contributed by atoms with E-state index in [4.69, 9.17) is 5.73 Å². The van der Waals surface area contributed by atoms with Crippen molar-refractivity contribution in [1.29, 1.82) is 0 Å². The third kappa shape index (κ3) is 3.12. The molecule has 0 unspecified atom stereocenters. The molecule has 0 aliphatic rings. The first-order valence-electron chi connectivity index (χ1n) is 1.92. The highest BCUT2D eigenvalue weighted by molar-refractivity contribution is 5.84. The highest BCUT2D eigenvalue weighted by Gasteiger charge is 1.99. The Balaban J connectivity index is 3.60. The van der Waals surface area contributed by atoms with Gasteiger partial charge in [0.1, 0.15) is 0 Å². The quantitative estimate of drug-likeness (QED) is 0.0977. The Labute approximate surface area is 50.8 Å². The first-order valence-corrected chi connectivity index (χ1v) is 1.92. The minimum absolute atomic E-state index is 0.446. The maximum atomic E-state index is 10.1. The van der Waals surface area contributed by atoms with Gasteiger partial charge in [-0.1, -0.05) is 0 Å². The predicted molar refractivity (Wildman–Crippen MR) is 29.6 cm³/mol. The number of nitrogens with zero attached hydrogens (tertiary/aromatic N) is 1. The van der Waals surface area contributed by atoms with Crippen LogP contribution in [0.5, 0.6) is 0 Å². The average molecular weight is 133 g/mol. The molecule has 0 rings (SSSR count). The van der Waals surface area contributed by atoms with E-state index >= 15 is 0 Å². The molecule has 0 aliphatic heterocycles. The third-order valence-electron chi connectivity index (χ3n) is 0.442. The number of hydrogen-bond acceptors (Lipinski definition) is 5. The molecule has 0 aromatic rings. The van der Waals surface area contributed by atoms with Crippen molar-refractivity contribution in [1.82, 2.24) is 5.43 Å². The SMILES string of the molecule is N/N=C(\N)OC(=O)NN. The molecule has 0 heterocycles. The zero-order chi connectivity index (χ0) is 7.28. The molecule has 0 fully saturated rings. The maximum Gasteiger partial charge on any atom is 0.429 e. The van der Waals surface area contributed by atoms with E-state index in [1.165, 1.54) is 0 Å². The molecule has 0 saturated heterocycles. The minimum Gasteiger partial charge on any atom is -0.374 e. The monoisotopic (exact) mass is 133 g/mol. The molecule has 0 aliphatic carbocycles. The first-order chi connectivity index (χ1) is 4.20. The second-order valence-electron chi connectivity index (χ2n) is 1.00. The number of carbonyl (C=O) groups is 1. The van der Waals surface area contributed by atoms with E-state index in [1.807, 2.05) is 0 Å². The summed E-state index contributed by atoms with van der Waals surface area (Å²) in [5, 5.41) is 2.83. The van der Waals surface area contributed by atoms with Gasteiger partial charge in [0.05, 0.1) is 0 Å². The number of hydrazine groups is 1. The second kappa shape index (κ2) is 3.50. The highest BCUT2D eigenvalue weighted by atomic mass is 16.6. The molecular formula is C2H7N5O2. The lowest BCUT2D eigenvalue weighted by atomic mass is 11.1. The van der Waals surface area contributed by atoms with Crippen LogP contribution in [0, 0.1) is 0 Å². The van der Waals surface area contributed by atoms with Gasteiger partial charge in [0.2, 0.25) is 0 Å². The lowest BCUT2D eigenvalue weighted by Crippen LogP contribution is -2.35. The van der Waals surface area contributed by atoms with Crippen LogP contribution in [0.3, 0.4) is 0 Å². The highest BCUT2D eigenvalue weighted by Crippen LogP contribution is 1.71. The number of amidine groups is 1. The summed E-state index contributed by atoms with van der Waals surface area (Å²) in [7, 11) is 0. The number of carbonyl (C=O) groups excluding carboxylic acids is 1. The molecule has 7 N–H and O–H groups in total. The molecular weight excluding hydrogens is 126 g/mol. The number of hydrogen-bond donors (Lipinski definition) is 4. The van der Waals surface area contributed by atoms with Gasteiger partial charge in [0.25, 0.3) is 0 Å². The van der Waals surface area contributed by atoms with Crippen molar-refractivity contribution in [2.45, 2.75) is 0 Å². The Hall–Kier alpha value is -1.50. The van der Waals surface area contributed by atoms with Crippen LogP contribution in [0.1, 0.15) is 0 Å². The summed E-state index contributed by atoms with van der Waals surface area (Å²) < 4.78 is 4.08. The molecule has 9 heavy (non-hydrogen) atoms. The van der Waals surface area contributed by atoms with E-state index in [-0.39, 0.29) is 0 Å². The maximum absolute atomic E-state index is 10.1. The van der Waals surface area contributed by atoms with Gasteiger partial charge >= 0.3 is 12.1 Å². The average Bonchev–Trinajstić information content (AvgIpc) is 1.87. The van der Waals surface area contributed by atoms with Gasteiger partial charge < -0.3 is 16.3 Å². The molecule has 0 saturated carbocycles. The smallest absolute Gasteiger partial charge is 0.374 e. The van der Waals surface area contributed by atoms with Crippen LogP contribution < -0.4 is 22.8 Å². The van der Waals surface area contributed by atoms with Gasteiger partial charge in [0, 0.05) is 0 Å². The molecule has 0 spiro atoms. The Morgan fingerprint density at radius 1 is 1.67 bits per heavy atom. The Morgan fingerprint density at radius 3 is 2.56 bits per heavy atom. The van der Waals surface area contributed by atoms with Crippen LogP contribution in [-0.4, -0.2) is 12.1 Å². The number of ether oxygens (including phenoxy) is 1. The summed E-state index contributed by atoms with van der Waals surface area (Å²) in [6, 6.07) is -0.446. The summed E-state index contributed by atoms with van der Waals surface area (Å²) in [6.45, 7) is 0. The first kappa shape index (κ1) is 7.50. The molecule has 1 amide bonds. The lowest BCUT2D eigenvalue weighted by Gasteiger charge is -1.97. The van der Waals surface area contributed by atoms with Crippen LogP contribution in [0.15, 0.2) is 5.10 Å². The van der Waals surface area contributed by atoms with Crippen molar-refractivity contribution in [3.63, 3.8) is 0 Å². The van der Waals surface area contributed by atoms with Crippen molar-refractivity contribution in [3.8, 4) is 0 Å². The van der Waals surface area contributed by atoms with E-state index in [0.29, 0.717) is 0 Å². The zero-order valence-corrected chi connectivity index (χ0v) is 4.50.